The molecule has 0 saturated heterocycles. The minimum absolute atomic E-state index is 0.0844. The Labute approximate surface area is 107 Å². The van der Waals surface area contributed by atoms with E-state index in [1.54, 1.807) is 0 Å². The summed E-state index contributed by atoms with van der Waals surface area (Å²) in [5.74, 6) is 0. The molecule has 0 aliphatic heterocycles. The first-order valence-electron chi connectivity index (χ1n) is 6.04. The van der Waals surface area contributed by atoms with Crippen molar-refractivity contribution in [3.8, 4) is 0 Å². The smallest absolute Gasteiger partial charge is 0.0681 e. The lowest BCUT2D eigenvalue weighted by atomic mass is 10.2. The Bertz CT molecular complexity index is 529. The van der Waals surface area contributed by atoms with Crippen LogP contribution in [0.3, 0.4) is 0 Å². The molecular weight excluding hydrogens is 226 g/mol. The van der Waals surface area contributed by atoms with E-state index in [2.05, 4.69) is 17.3 Å². The van der Waals surface area contributed by atoms with Gasteiger partial charge in [-0.1, -0.05) is 12.1 Å². The molecule has 1 aromatic heterocycles. The van der Waals surface area contributed by atoms with Gasteiger partial charge in [0.05, 0.1) is 12.3 Å². The number of aryl methyl sites for hydroxylation is 2. The minimum Gasteiger partial charge on any atom is -0.392 e. The molecule has 0 radical (unpaired) electrons. The maximum atomic E-state index is 8.98. The quantitative estimate of drug-likeness (QED) is 0.867. The lowest BCUT2D eigenvalue weighted by Gasteiger charge is -2.07. The third-order valence-electron chi connectivity index (χ3n) is 3.26. The molecule has 0 aliphatic rings. The van der Waals surface area contributed by atoms with Crippen molar-refractivity contribution >= 4 is 5.69 Å². The van der Waals surface area contributed by atoms with Crippen LogP contribution in [0.2, 0.25) is 0 Å². The van der Waals surface area contributed by atoms with Gasteiger partial charge >= 0.3 is 0 Å². The Balaban J connectivity index is 2.06. The highest BCUT2D eigenvalue weighted by molar-refractivity contribution is 5.45. The maximum Gasteiger partial charge on any atom is 0.0681 e. The summed E-state index contributed by atoms with van der Waals surface area (Å²) in [4.78, 5) is 0. The summed E-state index contributed by atoms with van der Waals surface area (Å²) >= 11 is 0. The van der Waals surface area contributed by atoms with Gasteiger partial charge < -0.3 is 10.4 Å². The molecule has 0 aliphatic carbocycles. The molecule has 2 aromatic rings. The Morgan fingerprint density at radius 1 is 1.22 bits per heavy atom. The molecule has 0 unspecified atom stereocenters. The molecule has 1 aromatic carbocycles. The molecular formula is C14H19N3O. The molecule has 4 nitrogen and oxygen atoms in total. The van der Waals surface area contributed by atoms with Crippen molar-refractivity contribution in [3.63, 3.8) is 0 Å². The molecule has 0 fully saturated rings. The highest BCUT2D eigenvalue weighted by atomic mass is 16.3. The van der Waals surface area contributed by atoms with E-state index < -0.39 is 0 Å². The zero-order valence-corrected chi connectivity index (χ0v) is 11.1. The highest BCUT2D eigenvalue weighted by Gasteiger charge is 2.08. The summed E-state index contributed by atoms with van der Waals surface area (Å²) in [6, 6.07) is 7.80. The Morgan fingerprint density at radius 3 is 2.39 bits per heavy atom. The van der Waals surface area contributed by atoms with Gasteiger partial charge in [-0.2, -0.15) is 5.10 Å². The van der Waals surface area contributed by atoms with E-state index in [0.29, 0.717) is 0 Å². The summed E-state index contributed by atoms with van der Waals surface area (Å²) in [7, 11) is 1.96. The fraction of sp³-hybridized carbons (Fsp3) is 0.357. The van der Waals surface area contributed by atoms with Crippen LogP contribution in [0.4, 0.5) is 5.69 Å². The SMILES string of the molecule is Cc1nn(C)c(C)c1CNc1ccc(CO)cc1. The van der Waals surface area contributed by atoms with Gasteiger partial charge in [-0.3, -0.25) is 4.68 Å². The molecule has 0 saturated carbocycles. The van der Waals surface area contributed by atoms with E-state index >= 15 is 0 Å². The first-order valence-corrected chi connectivity index (χ1v) is 6.04. The van der Waals surface area contributed by atoms with Crippen LogP contribution >= 0.6 is 0 Å². The second-order valence-electron chi connectivity index (χ2n) is 4.48. The van der Waals surface area contributed by atoms with Gasteiger partial charge in [-0.15, -0.1) is 0 Å². The molecule has 2 rings (SSSR count). The van der Waals surface area contributed by atoms with Crippen LogP contribution < -0.4 is 5.32 Å². The Hall–Kier alpha value is -1.81. The first-order chi connectivity index (χ1) is 8.61. The number of aromatic nitrogens is 2. The molecule has 0 amide bonds. The van der Waals surface area contributed by atoms with Crippen LogP contribution in [-0.2, 0) is 20.2 Å². The summed E-state index contributed by atoms with van der Waals surface area (Å²) in [5, 5.41) is 16.7. The lowest BCUT2D eigenvalue weighted by Crippen LogP contribution is -2.02. The first kappa shape index (κ1) is 12.6. The van der Waals surface area contributed by atoms with Gasteiger partial charge in [0, 0.05) is 30.5 Å². The molecule has 1 heterocycles. The second kappa shape index (κ2) is 5.23. The number of rotatable bonds is 4. The van der Waals surface area contributed by atoms with Gasteiger partial charge in [0.15, 0.2) is 0 Å². The molecule has 0 bridgehead atoms. The molecule has 0 spiro atoms. The third-order valence-corrected chi connectivity index (χ3v) is 3.26. The normalized spacial score (nSPS) is 10.7. The minimum atomic E-state index is 0.0844. The van der Waals surface area contributed by atoms with Gasteiger partial charge in [-0.25, -0.2) is 0 Å². The van der Waals surface area contributed by atoms with Crippen LogP contribution in [0.1, 0.15) is 22.5 Å². The Kier molecular flexibility index (Phi) is 3.67. The topological polar surface area (TPSA) is 50.1 Å². The van der Waals surface area contributed by atoms with Crippen molar-refractivity contribution < 1.29 is 5.11 Å². The number of nitrogens with zero attached hydrogens (tertiary/aromatic N) is 2. The standard InChI is InChI=1S/C14H19N3O/c1-10-14(11(2)17(3)16-10)8-15-13-6-4-12(9-18)5-7-13/h4-7,15,18H,8-9H2,1-3H3. The van der Waals surface area contributed by atoms with Gasteiger partial charge in [0.25, 0.3) is 0 Å². The number of nitrogens with one attached hydrogen (secondary N) is 1. The number of aliphatic hydroxyl groups excluding tert-OH is 1. The van der Waals surface area contributed by atoms with E-state index in [1.807, 2.05) is 42.9 Å². The van der Waals surface area contributed by atoms with Gasteiger partial charge in [0.2, 0.25) is 0 Å². The number of hydrogen-bond acceptors (Lipinski definition) is 3. The van der Waals surface area contributed by atoms with E-state index in [4.69, 9.17) is 5.11 Å². The lowest BCUT2D eigenvalue weighted by molar-refractivity contribution is 0.282. The zero-order valence-electron chi connectivity index (χ0n) is 11.1. The predicted molar refractivity (Wildman–Crippen MR) is 72.4 cm³/mol. The molecule has 96 valence electrons. The summed E-state index contributed by atoms with van der Waals surface area (Å²) in [6.45, 7) is 4.95. The summed E-state index contributed by atoms with van der Waals surface area (Å²) < 4.78 is 1.90. The molecule has 4 heteroatoms. The van der Waals surface area contributed by atoms with Crippen LogP contribution in [0.15, 0.2) is 24.3 Å². The number of anilines is 1. The van der Waals surface area contributed by atoms with E-state index in [1.165, 1.54) is 11.3 Å². The molecule has 2 N–H and O–H groups in total. The Morgan fingerprint density at radius 2 is 1.89 bits per heavy atom. The van der Waals surface area contributed by atoms with Crippen molar-refractivity contribution in [1.82, 2.24) is 9.78 Å². The van der Waals surface area contributed by atoms with Crippen LogP contribution in [0.5, 0.6) is 0 Å². The summed E-state index contributed by atoms with van der Waals surface area (Å²) in [6.07, 6.45) is 0. The molecule has 18 heavy (non-hydrogen) atoms. The van der Waals surface area contributed by atoms with Gasteiger partial charge in [-0.05, 0) is 31.5 Å². The van der Waals surface area contributed by atoms with Crippen molar-refractivity contribution in [2.24, 2.45) is 7.05 Å². The highest BCUT2D eigenvalue weighted by Crippen LogP contribution is 2.15. The number of hydrogen-bond donors (Lipinski definition) is 2. The van der Waals surface area contributed by atoms with Crippen LogP contribution in [0, 0.1) is 13.8 Å². The van der Waals surface area contributed by atoms with Gasteiger partial charge in [0.1, 0.15) is 0 Å². The molecule has 0 atom stereocenters. The maximum absolute atomic E-state index is 8.98. The van der Waals surface area contributed by atoms with Crippen LogP contribution in [0.25, 0.3) is 0 Å². The fourth-order valence-corrected chi connectivity index (χ4v) is 1.99. The predicted octanol–water partition coefficient (Wildman–Crippen LogP) is 2.14. The van der Waals surface area contributed by atoms with Crippen LogP contribution in [-0.4, -0.2) is 14.9 Å². The van der Waals surface area contributed by atoms with Crippen molar-refractivity contribution in [1.29, 1.82) is 0 Å². The van der Waals surface area contributed by atoms with Crippen molar-refractivity contribution in [2.45, 2.75) is 27.0 Å². The average molecular weight is 245 g/mol. The largest absolute Gasteiger partial charge is 0.392 e. The fourth-order valence-electron chi connectivity index (χ4n) is 1.99. The number of benzene rings is 1. The van der Waals surface area contributed by atoms with Crippen molar-refractivity contribution in [2.75, 3.05) is 5.32 Å². The monoisotopic (exact) mass is 245 g/mol. The van der Waals surface area contributed by atoms with Crippen molar-refractivity contribution in [3.05, 3.63) is 46.8 Å². The number of aliphatic hydroxyl groups is 1. The summed E-state index contributed by atoms with van der Waals surface area (Å²) in [5.41, 5.74) is 5.47. The average Bonchev–Trinajstić information content (AvgIpc) is 2.62. The zero-order chi connectivity index (χ0) is 13.1. The third kappa shape index (κ3) is 2.54. The van der Waals surface area contributed by atoms with E-state index in [-0.39, 0.29) is 6.61 Å². The van der Waals surface area contributed by atoms with E-state index in [9.17, 15) is 0 Å². The second-order valence-corrected chi connectivity index (χ2v) is 4.48. The van der Waals surface area contributed by atoms with E-state index in [0.717, 1.165) is 23.5 Å².